The summed E-state index contributed by atoms with van der Waals surface area (Å²) in [5.41, 5.74) is 1.95. The van der Waals surface area contributed by atoms with Crippen LogP contribution in [0.4, 0.5) is 10.5 Å². The predicted molar refractivity (Wildman–Crippen MR) is 96.2 cm³/mol. The molecule has 1 aromatic heterocycles. The van der Waals surface area contributed by atoms with Gasteiger partial charge < -0.3 is 15.4 Å². The largest absolute Gasteiger partial charge is 0.381 e. The molecule has 1 atom stereocenters. The first kappa shape index (κ1) is 16.8. The molecule has 1 saturated heterocycles. The van der Waals surface area contributed by atoms with E-state index in [1.807, 2.05) is 36.4 Å². The van der Waals surface area contributed by atoms with Gasteiger partial charge in [-0.2, -0.15) is 0 Å². The Morgan fingerprint density at radius 2 is 2.25 bits per heavy atom. The fourth-order valence-electron chi connectivity index (χ4n) is 2.49. The fourth-order valence-corrected chi connectivity index (χ4v) is 3.29. The van der Waals surface area contributed by atoms with E-state index >= 15 is 0 Å². The zero-order valence-electron chi connectivity index (χ0n) is 13.4. The molecule has 5 nitrogen and oxygen atoms in total. The van der Waals surface area contributed by atoms with Crippen LogP contribution in [0.3, 0.4) is 0 Å². The van der Waals surface area contributed by atoms with E-state index in [1.165, 1.54) is 0 Å². The van der Waals surface area contributed by atoms with E-state index in [1.54, 1.807) is 18.0 Å². The topological polar surface area (TPSA) is 63.2 Å². The molecule has 1 aliphatic rings. The minimum Gasteiger partial charge on any atom is -0.381 e. The number of urea groups is 1. The Bertz CT molecular complexity index is 660. The van der Waals surface area contributed by atoms with E-state index in [2.05, 4.69) is 21.7 Å². The molecule has 3 rings (SSSR count). The molecule has 0 aliphatic carbocycles. The SMILES string of the molecule is O=C(NC[C@H]1CCOC1)Nc1cccc(CSc2ccccn2)c1. The molecule has 0 unspecified atom stereocenters. The highest BCUT2D eigenvalue weighted by molar-refractivity contribution is 7.98. The van der Waals surface area contributed by atoms with Crippen LogP contribution in [-0.4, -0.2) is 30.8 Å². The molecule has 2 amide bonds. The van der Waals surface area contributed by atoms with Crippen molar-refractivity contribution in [3.63, 3.8) is 0 Å². The third-order valence-corrected chi connectivity index (χ3v) is 4.80. The lowest BCUT2D eigenvalue weighted by molar-refractivity contribution is 0.185. The van der Waals surface area contributed by atoms with E-state index in [4.69, 9.17) is 4.74 Å². The first-order chi connectivity index (χ1) is 11.8. The molecule has 1 fully saturated rings. The molecule has 2 N–H and O–H groups in total. The van der Waals surface area contributed by atoms with E-state index < -0.39 is 0 Å². The van der Waals surface area contributed by atoms with Crippen molar-refractivity contribution in [3.8, 4) is 0 Å². The zero-order valence-corrected chi connectivity index (χ0v) is 14.2. The predicted octanol–water partition coefficient (Wildman–Crippen LogP) is 3.53. The van der Waals surface area contributed by atoms with Crippen molar-refractivity contribution in [3.05, 3.63) is 54.2 Å². The van der Waals surface area contributed by atoms with Gasteiger partial charge in [0.15, 0.2) is 0 Å². The van der Waals surface area contributed by atoms with Gasteiger partial charge in [-0.3, -0.25) is 0 Å². The summed E-state index contributed by atoms with van der Waals surface area (Å²) >= 11 is 1.67. The number of anilines is 1. The van der Waals surface area contributed by atoms with Crippen LogP contribution in [0.25, 0.3) is 0 Å². The van der Waals surface area contributed by atoms with Crippen LogP contribution in [0.15, 0.2) is 53.7 Å². The van der Waals surface area contributed by atoms with Crippen molar-refractivity contribution in [1.82, 2.24) is 10.3 Å². The second-order valence-electron chi connectivity index (χ2n) is 5.72. The van der Waals surface area contributed by atoms with Crippen LogP contribution in [0, 0.1) is 5.92 Å². The average Bonchev–Trinajstić information content (AvgIpc) is 3.13. The average molecular weight is 343 g/mol. The maximum Gasteiger partial charge on any atom is 0.319 e. The van der Waals surface area contributed by atoms with E-state index in [9.17, 15) is 4.79 Å². The lowest BCUT2D eigenvalue weighted by Crippen LogP contribution is -2.33. The molecule has 126 valence electrons. The molecule has 0 saturated carbocycles. The Kier molecular flexibility index (Phi) is 6.09. The molecule has 24 heavy (non-hydrogen) atoms. The second kappa shape index (κ2) is 8.70. The van der Waals surface area contributed by atoms with Crippen molar-refractivity contribution in [2.24, 2.45) is 5.92 Å². The van der Waals surface area contributed by atoms with Gasteiger partial charge in [0.1, 0.15) is 0 Å². The van der Waals surface area contributed by atoms with Crippen LogP contribution in [0.5, 0.6) is 0 Å². The van der Waals surface area contributed by atoms with Crippen molar-refractivity contribution < 1.29 is 9.53 Å². The number of aromatic nitrogens is 1. The summed E-state index contributed by atoms with van der Waals surface area (Å²) in [5, 5.41) is 6.79. The van der Waals surface area contributed by atoms with Crippen molar-refractivity contribution in [1.29, 1.82) is 0 Å². The summed E-state index contributed by atoms with van der Waals surface area (Å²) < 4.78 is 5.31. The molecular formula is C18H21N3O2S. The number of hydrogen-bond acceptors (Lipinski definition) is 4. The van der Waals surface area contributed by atoms with Gasteiger partial charge in [0, 0.05) is 36.7 Å². The highest BCUT2D eigenvalue weighted by atomic mass is 32.2. The second-order valence-corrected chi connectivity index (χ2v) is 6.72. The van der Waals surface area contributed by atoms with E-state index in [-0.39, 0.29) is 6.03 Å². The Labute approximate surface area is 146 Å². The minimum absolute atomic E-state index is 0.170. The smallest absolute Gasteiger partial charge is 0.319 e. The van der Waals surface area contributed by atoms with Gasteiger partial charge in [-0.15, -0.1) is 11.8 Å². The van der Waals surface area contributed by atoms with Crippen LogP contribution < -0.4 is 10.6 Å². The van der Waals surface area contributed by atoms with Crippen LogP contribution in [0.1, 0.15) is 12.0 Å². The van der Waals surface area contributed by atoms with Crippen LogP contribution >= 0.6 is 11.8 Å². The summed E-state index contributed by atoms with van der Waals surface area (Å²) in [6.45, 7) is 2.19. The van der Waals surface area contributed by atoms with Crippen LogP contribution in [-0.2, 0) is 10.5 Å². The molecule has 1 aliphatic heterocycles. The highest BCUT2D eigenvalue weighted by Crippen LogP contribution is 2.22. The summed E-state index contributed by atoms with van der Waals surface area (Å²) in [5.74, 6) is 1.24. The number of carbonyl (C=O) groups excluding carboxylic acids is 1. The highest BCUT2D eigenvalue weighted by Gasteiger charge is 2.16. The first-order valence-corrected chi connectivity index (χ1v) is 9.03. The van der Waals surface area contributed by atoms with Gasteiger partial charge in [0.25, 0.3) is 0 Å². The molecule has 6 heteroatoms. The zero-order chi connectivity index (χ0) is 16.6. The maximum absolute atomic E-state index is 12.0. The van der Waals surface area contributed by atoms with Gasteiger partial charge in [0.2, 0.25) is 0 Å². The van der Waals surface area contributed by atoms with Crippen LogP contribution in [0.2, 0.25) is 0 Å². The van der Waals surface area contributed by atoms with E-state index in [0.717, 1.165) is 41.7 Å². The van der Waals surface area contributed by atoms with E-state index in [0.29, 0.717) is 12.5 Å². The normalized spacial score (nSPS) is 16.8. The number of pyridine rings is 1. The van der Waals surface area contributed by atoms with Crippen molar-refractivity contribution in [2.75, 3.05) is 25.1 Å². The maximum atomic E-state index is 12.0. The Hall–Kier alpha value is -2.05. The molecular weight excluding hydrogens is 322 g/mol. The van der Waals surface area contributed by atoms with Crippen molar-refractivity contribution >= 4 is 23.5 Å². The molecule has 0 spiro atoms. The number of benzene rings is 1. The molecule has 1 aromatic carbocycles. The lowest BCUT2D eigenvalue weighted by Gasteiger charge is -2.11. The number of nitrogens with zero attached hydrogens (tertiary/aromatic N) is 1. The quantitative estimate of drug-likeness (QED) is 0.788. The number of amides is 2. The van der Waals surface area contributed by atoms with Gasteiger partial charge in [-0.1, -0.05) is 18.2 Å². The number of ether oxygens (including phenoxy) is 1. The van der Waals surface area contributed by atoms with Gasteiger partial charge in [-0.25, -0.2) is 9.78 Å². The van der Waals surface area contributed by atoms with Crippen molar-refractivity contribution in [2.45, 2.75) is 17.2 Å². The molecule has 2 heterocycles. The van der Waals surface area contributed by atoms with Gasteiger partial charge in [-0.05, 0) is 36.2 Å². The number of rotatable bonds is 6. The summed E-state index contributed by atoms with van der Waals surface area (Å²) in [6, 6.07) is 13.6. The Morgan fingerprint density at radius 1 is 1.29 bits per heavy atom. The molecule has 2 aromatic rings. The summed E-state index contributed by atoms with van der Waals surface area (Å²) in [7, 11) is 0. The number of thioether (sulfide) groups is 1. The standard InChI is InChI=1S/C18H21N3O2S/c22-18(20-11-15-7-9-23-12-15)21-16-5-3-4-14(10-16)13-24-17-6-1-2-8-19-17/h1-6,8,10,15H,7,9,11-13H2,(H2,20,21,22)/t15-/m1/s1. The van der Waals surface area contributed by atoms with Gasteiger partial charge >= 0.3 is 6.03 Å². The minimum atomic E-state index is -0.170. The monoisotopic (exact) mass is 343 g/mol. The number of nitrogens with one attached hydrogen (secondary N) is 2. The lowest BCUT2D eigenvalue weighted by atomic mass is 10.1. The number of carbonyl (C=O) groups is 1. The number of hydrogen-bond donors (Lipinski definition) is 2. The summed E-state index contributed by atoms with van der Waals surface area (Å²) in [4.78, 5) is 16.3. The molecule has 0 bridgehead atoms. The van der Waals surface area contributed by atoms with Gasteiger partial charge in [0.05, 0.1) is 11.6 Å². The Morgan fingerprint density at radius 3 is 3.04 bits per heavy atom. The Balaban J connectivity index is 1.48. The third-order valence-electron chi connectivity index (χ3n) is 3.78. The first-order valence-electron chi connectivity index (χ1n) is 8.05. The summed E-state index contributed by atoms with van der Waals surface area (Å²) in [6.07, 6.45) is 2.81. The fraction of sp³-hybridized carbons (Fsp3) is 0.333. The third kappa shape index (κ3) is 5.25. The molecule has 0 radical (unpaired) electrons.